The predicted molar refractivity (Wildman–Crippen MR) is 77.4 cm³/mol. The largest absolute Gasteiger partial charge is 0.264 e. The van der Waals surface area contributed by atoms with Gasteiger partial charge in [0, 0.05) is 23.8 Å². The van der Waals surface area contributed by atoms with Crippen molar-refractivity contribution in [2.24, 2.45) is 0 Å². The van der Waals surface area contributed by atoms with Crippen LogP contribution in [0.1, 0.15) is 32.3 Å². The van der Waals surface area contributed by atoms with Crippen molar-refractivity contribution in [3.8, 4) is 6.07 Å². The fraction of sp³-hybridized carbons (Fsp3) is 0.312. The van der Waals surface area contributed by atoms with Gasteiger partial charge in [-0.05, 0) is 23.6 Å². The lowest BCUT2D eigenvalue weighted by molar-refractivity contribution is -0.564. The summed E-state index contributed by atoms with van der Waals surface area (Å²) in [6, 6.07) is 11.8. The first kappa shape index (κ1) is 14.0. The van der Waals surface area contributed by atoms with E-state index in [9.17, 15) is 15.4 Å². The van der Waals surface area contributed by atoms with Crippen LogP contribution >= 0.6 is 0 Å². The van der Waals surface area contributed by atoms with E-state index in [1.54, 1.807) is 6.92 Å². The lowest BCUT2D eigenvalue weighted by Gasteiger charge is -2.28. The van der Waals surface area contributed by atoms with Crippen molar-refractivity contribution in [3.05, 3.63) is 62.7 Å². The maximum atomic E-state index is 11.3. The highest BCUT2D eigenvalue weighted by Gasteiger charge is 2.43. The van der Waals surface area contributed by atoms with E-state index in [2.05, 4.69) is 6.07 Å². The Kier molecular flexibility index (Phi) is 3.71. The SMILES string of the molecule is CC1=C(C#N)CC(C)([N+](=O)[O-])C/C1=C\c1ccccc1. The second kappa shape index (κ2) is 5.30. The number of rotatable bonds is 2. The zero-order chi connectivity index (χ0) is 14.8. The zero-order valence-electron chi connectivity index (χ0n) is 11.6. The monoisotopic (exact) mass is 268 g/mol. The molecular formula is C16H16N2O2. The van der Waals surface area contributed by atoms with Gasteiger partial charge in [-0.25, -0.2) is 0 Å². The number of hydrogen-bond acceptors (Lipinski definition) is 3. The van der Waals surface area contributed by atoms with Gasteiger partial charge >= 0.3 is 0 Å². The van der Waals surface area contributed by atoms with E-state index in [4.69, 9.17) is 0 Å². The van der Waals surface area contributed by atoms with Crippen molar-refractivity contribution in [2.75, 3.05) is 0 Å². The van der Waals surface area contributed by atoms with Gasteiger partial charge < -0.3 is 0 Å². The topological polar surface area (TPSA) is 66.9 Å². The summed E-state index contributed by atoms with van der Waals surface area (Å²) in [6.45, 7) is 3.47. The molecule has 0 fully saturated rings. The maximum Gasteiger partial charge on any atom is 0.228 e. The van der Waals surface area contributed by atoms with Gasteiger partial charge in [0.05, 0.1) is 12.5 Å². The molecule has 0 aliphatic heterocycles. The molecule has 1 aromatic rings. The van der Waals surface area contributed by atoms with Gasteiger partial charge in [0.25, 0.3) is 0 Å². The molecule has 20 heavy (non-hydrogen) atoms. The van der Waals surface area contributed by atoms with Crippen LogP contribution in [0.3, 0.4) is 0 Å². The van der Waals surface area contributed by atoms with Gasteiger partial charge in [0.15, 0.2) is 0 Å². The average Bonchev–Trinajstić information content (AvgIpc) is 2.43. The number of nitrogens with zero attached hydrogens (tertiary/aromatic N) is 2. The first-order valence-corrected chi connectivity index (χ1v) is 6.46. The van der Waals surface area contributed by atoms with Gasteiger partial charge in [-0.15, -0.1) is 0 Å². The lowest BCUT2D eigenvalue weighted by atomic mass is 9.77. The van der Waals surface area contributed by atoms with Crippen LogP contribution in [0.4, 0.5) is 0 Å². The van der Waals surface area contributed by atoms with Crippen LogP contribution < -0.4 is 0 Å². The normalized spacial score (nSPS) is 24.6. The molecule has 0 amide bonds. The van der Waals surface area contributed by atoms with Crippen molar-refractivity contribution in [3.63, 3.8) is 0 Å². The summed E-state index contributed by atoms with van der Waals surface area (Å²) in [6.07, 6.45) is 2.49. The molecule has 0 saturated heterocycles. The predicted octanol–water partition coefficient (Wildman–Crippen LogP) is 3.74. The molecule has 1 aliphatic rings. The Hall–Kier alpha value is -2.41. The Morgan fingerprint density at radius 2 is 2.00 bits per heavy atom. The van der Waals surface area contributed by atoms with Crippen molar-refractivity contribution in [2.45, 2.75) is 32.2 Å². The van der Waals surface area contributed by atoms with Gasteiger partial charge in [0.2, 0.25) is 5.54 Å². The number of allylic oxidation sites excluding steroid dienone is 1. The summed E-state index contributed by atoms with van der Waals surface area (Å²) < 4.78 is 0. The van der Waals surface area contributed by atoms with Crippen molar-refractivity contribution in [1.29, 1.82) is 5.26 Å². The smallest absolute Gasteiger partial charge is 0.228 e. The lowest BCUT2D eigenvalue weighted by Crippen LogP contribution is -2.38. The van der Waals surface area contributed by atoms with Crippen LogP contribution in [0.2, 0.25) is 0 Å². The summed E-state index contributed by atoms with van der Waals surface area (Å²) in [5.74, 6) is 0. The maximum absolute atomic E-state index is 11.3. The van der Waals surface area contributed by atoms with Gasteiger partial charge in [-0.2, -0.15) is 5.26 Å². The van der Waals surface area contributed by atoms with E-state index in [0.29, 0.717) is 12.0 Å². The molecule has 4 nitrogen and oxygen atoms in total. The fourth-order valence-electron chi connectivity index (χ4n) is 2.47. The minimum atomic E-state index is -1.09. The Morgan fingerprint density at radius 3 is 2.55 bits per heavy atom. The summed E-state index contributed by atoms with van der Waals surface area (Å²) >= 11 is 0. The molecule has 0 aromatic heterocycles. The molecule has 2 rings (SSSR count). The fourth-order valence-corrected chi connectivity index (χ4v) is 2.47. The number of benzene rings is 1. The molecule has 0 bridgehead atoms. The summed E-state index contributed by atoms with van der Waals surface area (Å²) in [7, 11) is 0. The second-order valence-corrected chi connectivity index (χ2v) is 5.40. The van der Waals surface area contributed by atoms with Crippen LogP contribution in [0.15, 0.2) is 47.1 Å². The number of nitro groups is 1. The average molecular weight is 268 g/mol. The van der Waals surface area contributed by atoms with E-state index in [-0.39, 0.29) is 11.3 Å². The Bertz CT molecular complexity index is 638. The first-order chi connectivity index (χ1) is 9.46. The minimum absolute atomic E-state index is 0.203. The highest BCUT2D eigenvalue weighted by atomic mass is 16.6. The number of hydrogen-bond donors (Lipinski definition) is 0. The van der Waals surface area contributed by atoms with Gasteiger partial charge in [-0.3, -0.25) is 10.1 Å². The zero-order valence-corrected chi connectivity index (χ0v) is 11.6. The molecule has 0 radical (unpaired) electrons. The van der Waals surface area contributed by atoms with Crippen LogP contribution in [-0.4, -0.2) is 10.5 Å². The highest BCUT2D eigenvalue weighted by molar-refractivity contribution is 5.61. The molecule has 102 valence electrons. The summed E-state index contributed by atoms with van der Waals surface area (Å²) in [4.78, 5) is 11.0. The first-order valence-electron chi connectivity index (χ1n) is 6.46. The molecule has 0 heterocycles. The third kappa shape index (κ3) is 2.62. The molecule has 0 N–H and O–H groups in total. The Balaban J connectivity index is 2.49. The minimum Gasteiger partial charge on any atom is -0.264 e. The van der Waals surface area contributed by atoms with Crippen LogP contribution in [0, 0.1) is 21.4 Å². The highest BCUT2D eigenvalue weighted by Crippen LogP contribution is 2.38. The summed E-state index contributed by atoms with van der Waals surface area (Å²) in [5, 5.41) is 20.5. The number of nitriles is 1. The van der Waals surface area contributed by atoms with Crippen LogP contribution in [0.5, 0.6) is 0 Å². The van der Waals surface area contributed by atoms with E-state index in [0.717, 1.165) is 16.7 Å². The molecule has 4 heteroatoms. The molecule has 1 unspecified atom stereocenters. The molecule has 1 aliphatic carbocycles. The van der Waals surface area contributed by atoms with Crippen LogP contribution in [-0.2, 0) is 0 Å². The Morgan fingerprint density at radius 1 is 1.35 bits per heavy atom. The summed E-state index contributed by atoms with van der Waals surface area (Å²) in [5.41, 5.74) is 2.16. The van der Waals surface area contributed by atoms with Crippen molar-refractivity contribution < 1.29 is 4.92 Å². The molecular weight excluding hydrogens is 252 g/mol. The standard InChI is InChI=1S/C16H16N2O2/c1-12-14(8-13-6-4-3-5-7-13)9-16(2,18(19)20)10-15(12)11-17/h3-8H,9-10H2,1-2H3/b14-8+. The van der Waals surface area contributed by atoms with E-state index in [1.165, 1.54) is 0 Å². The van der Waals surface area contributed by atoms with Gasteiger partial charge in [-0.1, -0.05) is 36.4 Å². The third-order valence-corrected chi connectivity index (χ3v) is 3.78. The van der Waals surface area contributed by atoms with E-state index >= 15 is 0 Å². The van der Waals surface area contributed by atoms with E-state index in [1.807, 2.05) is 43.3 Å². The van der Waals surface area contributed by atoms with Crippen molar-refractivity contribution in [1.82, 2.24) is 0 Å². The quantitative estimate of drug-likeness (QED) is 0.606. The second-order valence-electron chi connectivity index (χ2n) is 5.40. The molecule has 1 atom stereocenters. The molecule has 0 saturated carbocycles. The van der Waals surface area contributed by atoms with E-state index < -0.39 is 5.54 Å². The van der Waals surface area contributed by atoms with Gasteiger partial charge in [0.1, 0.15) is 0 Å². The Labute approximate surface area is 118 Å². The van der Waals surface area contributed by atoms with Crippen molar-refractivity contribution >= 4 is 6.08 Å². The molecule has 0 spiro atoms. The third-order valence-electron chi connectivity index (χ3n) is 3.78. The molecule has 1 aromatic carbocycles. The van der Waals surface area contributed by atoms with Crippen LogP contribution in [0.25, 0.3) is 6.08 Å².